The summed E-state index contributed by atoms with van der Waals surface area (Å²) in [5.41, 5.74) is 2.64. The summed E-state index contributed by atoms with van der Waals surface area (Å²) < 4.78 is 0. The highest BCUT2D eigenvalue weighted by Gasteiger charge is 2.32. The van der Waals surface area contributed by atoms with Gasteiger partial charge in [-0.05, 0) is 72.1 Å². The van der Waals surface area contributed by atoms with Crippen molar-refractivity contribution in [1.82, 2.24) is 5.32 Å². The van der Waals surface area contributed by atoms with Crippen molar-refractivity contribution in [2.75, 3.05) is 5.32 Å². The molecule has 0 saturated heterocycles. The molecule has 0 saturated carbocycles. The number of rotatable bonds is 3. The molecule has 1 unspecified atom stereocenters. The zero-order chi connectivity index (χ0) is 22.8. The first-order valence-electron chi connectivity index (χ1n) is 9.88. The van der Waals surface area contributed by atoms with Crippen molar-refractivity contribution in [2.24, 2.45) is 11.3 Å². The van der Waals surface area contributed by atoms with Crippen LogP contribution >= 0.6 is 46.8 Å². The van der Waals surface area contributed by atoms with E-state index in [0.29, 0.717) is 32.1 Å². The van der Waals surface area contributed by atoms with E-state index in [9.17, 15) is 10.1 Å². The van der Waals surface area contributed by atoms with Crippen LogP contribution in [0, 0.1) is 22.7 Å². The summed E-state index contributed by atoms with van der Waals surface area (Å²) in [4.78, 5) is 13.5. The number of carbonyl (C=O) groups excluding carboxylic acids is 1. The van der Waals surface area contributed by atoms with Crippen molar-refractivity contribution in [3.05, 3.63) is 55.9 Å². The third-order valence-corrected chi connectivity index (χ3v) is 7.38. The first kappa shape index (κ1) is 23.7. The van der Waals surface area contributed by atoms with Crippen LogP contribution in [0.1, 0.15) is 48.8 Å². The number of nitrogens with one attached hydrogen (secondary N) is 2. The van der Waals surface area contributed by atoms with Gasteiger partial charge in [0.2, 0.25) is 5.91 Å². The summed E-state index contributed by atoms with van der Waals surface area (Å²) >= 11 is 18.8. The van der Waals surface area contributed by atoms with Gasteiger partial charge in [-0.1, -0.05) is 50.0 Å². The van der Waals surface area contributed by atoms with Crippen molar-refractivity contribution in [2.45, 2.75) is 40.0 Å². The Kier molecular flexibility index (Phi) is 7.43. The molecule has 0 bridgehead atoms. The molecule has 1 aromatic heterocycles. The molecule has 2 aromatic rings. The van der Waals surface area contributed by atoms with Gasteiger partial charge in [0.15, 0.2) is 5.11 Å². The highest BCUT2D eigenvalue weighted by atomic mass is 35.5. The maximum absolute atomic E-state index is 12.2. The number of halogens is 2. The van der Waals surface area contributed by atoms with E-state index in [0.717, 1.165) is 24.8 Å². The van der Waals surface area contributed by atoms with Gasteiger partial charge in [0, 0.05) is 21.0 Å². The molecule has 1 aromatic carbocycles. The number of anilines is 1. The quantitative estimate of drug-likeness (QED) is 0.374. The minimum atomic E-state index is -0.392. The molecule has 2 N–H and O–H groups in total. The Morgan fingerprint density at radius 1 is 1.35 bits per heavy atom. The van der Waals surface area contributed by atoms with Gasteiger partial charge < -0.3 is 5.32 Å². The van der Waals surface area contributed by atoms with Crippen LogP contribution in [0.2, 0.25) is 10.0 Å². The highest BCUT2D eigenvalue weighted by Crippen LogP contribution is 2.43. The van der Waals surface area contributed by atoms with Crippen molar-refractivity contribution >= 4 is 68.9 Å². The Balaban J connectivity index is 1.67. The molecule has 1 aliphatic carbocycles. The lowest BCUT2D eigenvalue weighted by atomic mass is 9.72. The largest absolute Gasteiger partial charge is 0.323 e. The van der Waals surface area contributed by atoms with Gasteiger partial charge in [-0.15, -0.1) is 11.3 Å². The number of thiophene rings is 1. The standard InChI is InChI=1S/C23H23Cl2N3OS2/c1-23(2,3)14-6-8-16-17(12-26)21(31-19(16)10-14)28-22(30)27-20(29)9-5-13-4-7-15(24)11-18(13)25/h4-5,7,9,11,14H,6,8,10H2,1-3H3,(H2,27,28,29,30)/b9-5+. The van der Waals surface area contributed by atoms with Crippen LogP contribution in [-0.2, 0) is 17.6 Å². The third-order valence-electron chi connectivity index (χ3n) is 5.44. The molecule has 1 heterocycles. The molecule has 1 aliphatic rings. The fourth-order valence-electron chi connectivity index (χ4n) is 3.62. The van der Waals surface area contributed by atoms with Gasteiger partial charge in [-0.2, -0.15) is 5.26 Å². The number of hydrogen-bond donors (Lipinski definition) is 2. The van der Waals surface area contributed by atoms with Crippen molar-refractivity contribution in [3.63, 3.8) is 0 Å². The van der Waals surface area contributed by atoms with E-state index in [2.05, 4.69) is 37.5 Å². The summed E-state index contributed by atoms with van der Waals surface area (Å²) in [6, 6.07) is 7.34. The summed E-state index contributed by atoms with van der Waals surface area (Å²) in [6.45, 7) is 6.78. The molecule has 8 heteroatoms. The van der Waals surface area contributed by atoms with Crippen molar-refractivity contribution < 1.29 is 4.79 Å². The second-order valence-electron chi connectivity index (χ2n) is 8.57. The van der Waals surface area contributed by atoms with Gasteiger partial charge >= 0.3 is 0 Å². The molecular formula is C23H23Cl2N3OS2. The minimum Gasteiger partial charge on any atom is -0.323 e. The van der Waals surface area contributed by atoms with E-state index >= 15 is 0 Å². The number of nitriles is 1. The predicted molar refractivity (Wildman–Crippen MR) is 134 cm³/mol. The molecule has 4 nitrogen and oxygen atoms in total. The van der Waals surface area contributed by atoms with E-state index < -0.39 is 5.91 Å². The topological polar surface area (TPSA) is 64.9 Å². The summed E-state index contributed by atoms with van der Waals surface area (Å²) in [5, 5.41) is 17.2. The Hall–Kier alpha value is -1.91. The Morgan fingerprint density at radius 2 is 2.10 bits per heavy atom. The van der Waals surface area contributed by atoms with E-state index in [1.807, 2.05) is 0 Å². The van der Waals surface area contributed by atoms with Crippen LogP contribution in [0.4, 0.5) is 5.00 Å². The molecule has 1 amide bonds. The van der Waals surface area contributed by atoms with E-state index in [4.69, 9.17) is 35.4 Å². The number of thiocarbonyl (C=S) groups is 1. The van der Waals surface area contributed by atoms with Gasteiger partial charge in [0.05, 0.1) is 5.56 Å². The summed E-state index contributed by atoms with van der Waals surface area (Å²) in [6.07, 6.45) is 5.86. The molecule has 0 aliphatic heterocycles. The molecular weight excluding hydrogens is 469 g/mol. The molecule has 1 atom stereocenters. The summed E-state index contributed by atoms with van der Waals surface area (Å²) in [7, 11) is 0. The maximum Gasteiger partial charge on any atom is 0.250 e. The smallest absolute Gasteiger partial charge is 0.250 e. The molecule has 31 heavy (non-hydrogen) atoms. The molecule has 0 spiro atoms. The Bertz CT molecular complexity index is 1090. The average Bonchev–Trinajstić information content (AvgIpc) is 3.02. The number of carbonyl (C=O) groups is 1. The van der Waals surface area contributed by atoms with Crippen LogP contribution < -0.4 is 10.6 Å². The lowest BCUT2D eigenvalue weighted by molar-refractivity contribution is -0.115. The monoisotopic (exact) mass is 491 g/mol. The normalized spacial score (nSPS) is 15.9. The Morgan fingerprint density at radius 3 is 2.74 bits per heavy atom. The van der Waals surface area contributed by atoms with Crippen LogP contribution in [0.5, 0.6) is 0 Å². The van der Waals surface area contributed by atoms with Crippen molar-refractivity contribution in [3.8, 4) is 6.07 Å². The second-order valence-corrected chi connectivity index (χ2v) is 10.9. The van der Waals surface area contributed by atoms with E-state index in [1.54, 1.807) is 35.6 Å². The lowest BCUT2D eigenvalue weighted by Gasteiger charge is -2.33. The fourth-order valence-corrected chi connectivity index (χ4v) is 5.64. The third kappa shape index (κ3) is 5.87. The second kappa shape index (κ2) is 9.70. The van der Waals surface area contributed by atoms with E-state index in [1.165, 1.54) is 11.0 Å². The molecule has 162 valence electrons. The average molecular weight is 492 g/mol. The van der Waals surface area contributed by atoms with Gasteiger partial charge in [0.25, 0.3) is 0 Å². The zero-order valence-electron chi connectivity index (χ0n) is 17.5. The zero-order valence-corrected chi connectivity index (χ0v) is 20.7. The number of amides is 1. The van der Waals surface area contributed by atoms with Crippen LogP contribution in [0.3, 0.4) is 0 Å². The number of benzene rings is 1. The Labute approximate surface area is 202 Å². The summed E-state index contributed by atoms with van der Waals surface area (Å²) in [5.74, 6) is 0.186. The maximum atomic E-state index is 12.2. The predicted octanol–water partition coefficient (Wildman–Crippen LogP) is 6.60. The van der Waals surface area contributed by atoms with Crippen LogP contribution in [0.15, 0.2) is 24.3 Å². The number of hydrogen-bond acceptors (Lipinski definition) is 4. The van der Waals surface area contributed by atoms with E-state index in [-0.39, 0.29) is 10.5 Å². The van der Waals surface area contributed by atoms with Crippen LogP contribution in [-0.4, -0.2) is 11.0 Å². The van der Waals surface area contributed by atoms with Gasteiger partial charge in [0.1, 0.15) is 11.1 Å². The van der Waals surface area contributed by atoms with Gasteiger partial charge in [-0.25, -0.2) is 0 Å². The fraction of sp³-hybridized carbons (Fsp3) is 0.348. The first-order chi connectivity index (χ1) is 14.6. The molecule has 0 radical (unpaired) electrons. The first-order valence-corrected chi connectivity index (χ1v) is 11.9. The SMILES string of the molecule is CC(C)(C)C1CCc2c(sc(NC(=S)NC(=O)/C=C/c3ccc(Cl)cc3Cl)c2C#N)C1. The number of nitrogens with zero attached hydrogens (tertiary/aromatic N) is 1. The van der Waals surface area contributed by atoms with Crippen LogP contribution in [0.25, 0.3) is 6.08 Å². The minimum absolute atomic E-state index is 0.152. The molecule has 3 rings (SSSR count). The van der Waals surface area contributed by atoms with Gasteiger partial charge in [-0.3, -0.25) is 10.1 Å². The van der Waals surface area contributed by atoms with Crippen molar-refractivity contribution in [1.29, 1.82) is 5.26 Å². The highest BCUT2D eigenvalue weighted by molar-refractivity contribution is 7.80. The number of fused-ring (bicyclic) bond motifs is 1. The lowest BCUT2D eigenvalue weighted by Crippen LogP contribution is -2.32. The molecule has 0 fully saturated rings.